The van der Waals surface area contributed by atoms with E-state index in [9.17, 15) is 4.79 Å². The van der Waals surface area contributed by atoms with Crippen molar-refractivity contribution in [3.05, 3.63) is 29.8 Å². The van der Waals surface area contributed by atoms with Crippen molar-refractivity contribution >= 4 is 5.91 Å². The Morgan fingerprint density at radius 2 is 2.09 bits per heavy atom. The largest absolute Gasteiger partial charge is 0.340 e. The molecule has 1 amide bonds. The van der Waals surface area contributed by atoms with E-state index in [1.807, 2.05) is 36.1 Å². The van der Waals surface area contributed by atoms with Crippen molar-refractivity contribution in [1.29, 1.82) is 0 Å². The van der Waals surface area contributed by atoms with Gasteiger partial charge >= 0.3 is 0 Å². The van der Waals surface area contributed by atoms with Crippen LogP contribution in [0.1, 0.15) is 18.9 Å². The SMILES string of the molecule is Cc1ccc(-c2nnn(CC(=O)N3CCC(C)(CN)C3)n2)cc1. The van der Waals surface area contributed by atoms with Gasteiger partial charge in [0.05, 0.1) is 0 Å². The molecule has 0 aliphatic carbocycles. The maximum atomic E-state index is 12.4. The molecular formula is C16H22N6O. The molecule has 23 heavy (non-hydrogen) atoms. The summed E-state index contributed by atoms with van der Waals surface area (Å²) in [6.07, 6.45) is 0.939. The van der Waals surface area contributed by atoms with Crippen molar-refractivity contribution in [2.45, 2.75) is 26.8 Å². The van der Waals surface area contributed by atoms with Crippen molar-refractivity contribution in [3.8, 4) is 11.4 Å². The third kappa shape index (κ3) is 3.39. The van der Waals surface area contributed by atoms with E-state index in [-0.39, 0.29) is 17.9 Å². The number of tetrazole rings is 1. The molecular weight excluding hydrogens is 292 g/mol. The summed E-state index contributed by atoms with van der Waals surface area (Å²) in [5, 5.41) is 12.3. The number of aryl methyl sites for hydroxylation is 1. The molecule has 0 radical (unpaired) electrons. The summed E-state index contributed by atoms with van der Waals surface area (Å²) in [6, 6.07) is 7.90. The maximum Gasteiger partial charge on any atom is 0.246 e. The highest BCUT2D eigenvalue weighted by atomic mass is 16.2. The van der Waals surface area contributed by atoms with Crippen LogP contribution in [0.25, 0.3) is 11.4 Å². The first kappa shape index (κ1) is 15.6. The molecule has 1 aromatic heterocycles. The number of hydrogen-bond acceptors (Lipinski definition) is 5. The van der Waals surface area contributed by atoms with Crippen LogP contribution in [-0.2, 0) is 11.3 Å². The van der Waals surface area contributed by atoms with E-state index >= 15 is 0 Å². The molecule has 1 aromatic carbocycles. The van der Waals surface area contributed by atoms with Crippen LogP contribution < -0.4 is 5.73 Å². The summed E-state index contributed by atoms with van der Waals surface area (Å²) >= 11 is 0. The molecule has 2 heterocycles. The van der Waals surface area contributed by atoms with Gasteiger partial charge in [-0.25, -0.2) is 0 Å². The topological polar surface area (TPSA) is 89.9 Å². The smallest absolute Gasteiger partial charge is 0.246 e. The fourth-order valence-electron chi connectivity index (χ4n) is 2.75. The Kier molecular flexibility index (Phi) is 4.12. The molecule has 1 atom stereocenters. The molecule has 7 heteroatoms. The lowest BCUT2D eigenvalue weighted by molar-refractivity contribution is -0.131. The fourth-order valence-corrected chi connectivity index (χ4v) is 2.75. The number of amides is 1. The highest BCUT2D eigenvalue weighted by molar-refractivity contribution is 5.76. The highest BCUT2D eigenvalue weighted by Crippen LogP contribution is 2.28. The zero-order chi connectivity index (χ0) is 16.4. The van der Waals surface area contributed by atoms with Crippen LogP contribution in [0, 0.1) is 12.3 Å². The number of aromatic nitrogens is 4. The number of nitrogens with zero attached hydrogens (tertiary/aromatic N) is 5. The molecule has 1 saturated heterocycles. The summed E-state index contributed by atoms with van der Waals surface area (Å²) in [5.41, 5.74) is 7.88. The van der Waals surface area contributed by atoms with E-state index in [0.29, 0.717) is 18.9 Å². The van der Waals surface area contributed by atoms with Gasteiger partial charge in [0.2, 0.25) is 11.7 Å². The molecule has 122 valence electrons. The summed E-state index contributed by atoms with van der Waals surface area (Å²) in [6.45, 7) is 6.28. The van der Waals surface area contributed by atoms with Gasteiger partial charge in [0.1, 0.15) is 6.54 Å². The average molecular weight is 314 g/mol. The molecule has 2 N–H and O–H groups in total. The van der Waals surface area contributed by atoms with E-state index in [2.05, 4.69) is 22.3 Å². The quantitative estimate of drug-likeness (QED) is 0.903. The lowest BCUT2D eigenvalue weighted by atomic mass is 9.90. The van der Waals surface area contributed by atoms with Gasteiger partial charge in [-0.15, -0.1) is 10.2 Å². The van der Waals surface area contributed by atoms with Crippen LogP contribution in [0.4, 0.5) is 0 Å². The van der Waals surface area contributed by atoms with Gasteiger partial charge in [-0.05, 0) is 30.5 Å². The van der Waals surface area contributed by atoms with Crippen molar-refractivity contribution < 1.29 is 4.79 Å². The number of likely N-dealkylation sites (tertiary alicyclic amines) is 1. The Morgan fingerprint density at radius 1 is 1.35 bits per heavy atom. The molecule has 1 aliphatic rings. The second-order valence-corrected chi connectivity index (χ2v) is 6.59. The van der Waals surface area contributed by atoms with E-state index < -0.39 is 0 Å². The zero-order valence-electron chi connectivity index (χ0n) is 13.6. The Labute approximate surface area is 135 Å². The van der Waals surface area contributed by atoms with Crippen LogP contribution in [0.15, 0.2) is 24.3 Å². The number of rotatable bonds is 4. The van der Waals surface area contributed by atoms with E-state index in [1.165, 1.54) is 10.4 Å². The molecule has 3 rings (SSSR count). The average Bonchev–Trinajstić information content (AvgIpc) is 3.16. The lowest BCUT2D eigenvalue weighted by Crippen LogP contribution is -2.36. The lowest BCUT2D eigenvalue weighted by Gasteiger charge is -2.22. The number of nitrogens with two attached hydrogens (primary N) is 1. The number of hydrogen-bond donors (Lipinski definition) is 1. The highest BCUT2D eigenvalue weighted by Gasteiger charge is 2.34. The third-order valence-corrected chi connectivity index (χ3v) is 4.44. The summed E-state index contributed by atoms with van der Waals surface area (Å²) in [5.74, 6) is 0.543. The Morgan fingerprint density at radius 3 is 2.74 bits per heavy atom. The normalized spacial score (nSPS) is 20.9. The van der Waals surface area contributed by atoms with Crippen molar-refractivity contribution in [2.75, 3.05) is 19.6 Å². The van der Waals surface area contributed by atoms with Crippen molar-refractivity contribution in [1.82, 2.24) is 25.1 Å². The van der Waals surface area contributed by atoms with Crippen LogP contribution >= 0.6 is 0 Å². The van der Waals surface area contributed by atoms with Crippen molar-refractivity contribution in [3.63, 3.8) is 0 Å². The number of benzene rings is 1. The van der Waals surface area contributed by atoms with Gasteiger partial charge in [-0.1, -0.05) is 36.8 Å². The summed E-state index contributed by atoms with van der Waals surface area (Å²) in [4.78, 5) is 15.6. The monoisotopic (exact) mass is 314 g/mol. The molecule has 2 aromatic rings. The first-order chi connectivity index (χ1) is 11.0. The Balaban J connectivity index is 1.65. The molecule has 1 fully saturated rings. The molecule has 0 bridgehead atoms. The van der Waals surface area contributed by atoms with Crippen LogP contribution in [0.2, 0.25) is 0 Å². The minimum absolute atomic E-state index is 0.00929. The van der Waals surface area contributed by atoms with Crippen LogP contribution in [0.5, 0.6) is 0 Å². The maximum absolute atomic E-state index is 12.4. The van der Waals surface area contributed by atoms with Gasteiger partial charge < -0.3 is 10.6 Å². The van der Waals surface area contributed by atoms with Crippen LogP contribution in [-0.4, -0.2) is 50.6 Å². The first-order valence-corrected chi connectivity index (χ1v) is 7.82. The van der Waals surface area contributed by atoms with Crippen LogP contribution in [0.3, 0.4) is 0 Å². The molecule has 0 saturated carbocycles. The Bertz CT molecular complexity index is 695. The predicted octanol–water partition coefficient (Wildman–Crippen LogP) is 0.846. The van der Waals surface area contributed by atoms with Gasteiger partial charge in [-0.2, -0.15) is 4.80 Å². The predicted molar refractivity (Wildman–Crippen MR) is 86.3 cm³/mol. The first-order valence-electron chi connectivity index (χ1n) is 7.82. The van der Waals surface area contributed by atoms with Gasteiger partial charge in [0.15, 0.2) is 0 Å². The van der Waals surface area contributed by atoms with E-state index in [0.717, 1.165) is 18.5 Å². The second-order valence-electron chi connectivity index (χ2n) is 6.59. The molecule has 7 nitrogen and oxygen atoms in total. The van der Waals surface area contributed by atoms with E-state index in [4.69, 9.17) is 5.73 Å². The Hall–Kier alpha value is -2.28. The number of carbonyl (C=O) groups excluding carboxylic acids is 1. The van der Waals surface area contributed by atoms with Gasteiger partial charge in [0, 0.05) is 18.7 Å². The van der Waals surface area contributed by atoms with Crippen molar-refractivity contribution in [2.24, 2.45) is 11.1 Å². The van der Waals surface area contributed by atoms with Gasteiger partial charge in [0.25, 0.3) is 0 Å². The standard InChI is InChI=1S/C16H22N6O/c1-12-3-5-13(6-4-12)15-18-20-22(19-15)9-14(23)21-8-7-16(2,10-17)11-21/h3-6H,7-11,17H2,1-2H3. The summed E-state index contributed by atoms with van der Waals surface area (Å²) in [7, 11) is 0. The second kappa shape index (κ2) is 6.08. The minimum atomic E-state index is 0.00929. The fraction of sp³-hybridized carbons (Fsp3) is 0.500. The third-order valence-electron chi connectivity index (χ3n) is 4.44. The zero-order valence-corrected chi connectivity index (χ0v) is 13.6. The minimum Gasteiger partial charge on any atom is -0.340 e. The van der Waals surface area contributed by atoms with Gasteiger partial charge in [-0.3, -0.25) is 4.79 Å². The molecule has 1 aliphatic heterocycles. The summed E-state index contributed by atoms with van der Waals surface area (Å²) < 4.78 is 0. The molecule has 1 unspecified atom stereocenters. The number of carbonyl (C=O) groups is 1. The molecule has 0 spiro atoms. The van der Waals surface area contributed by atoms with E-state index in [1.54, 1.807) is 0 Å².